The van der Waals surface area contributed by atoms with Crippen molar-refractivity contribution in [2.24, 2.45) is 5.73 Å². The van der Waals surface area contributed by atoms with Crippen LogP contribution in [0.15, 0.2) is 42.6 Å². The molecule has 0 fully saturated rings. The number of rotatable bonds is 3. The molecule has 0 saturated heterocycles. The Hall–Kier alpha value is -2.33. The monoisotopic (exact) mass is 267 g/mol. The lowest BCUT2D eigenvalue weighted by Crippen LogP contribution is -2.02. The molecule has 102 valence electrons. The number of ether oxygens (including phenoxy) is 1. The highest BCUT2D eigenvalue weighted by Crippen LogP contribution is 2.28. The summed E-state index contributed by atoms with van der Waals surface area (Å²) in [6.45, 7) is 2.48. The number of fused-ring (bicyclic) bond motifs is 1. The summed E-state index contributed by atoms with van der Waals surface area (Å²) >= 11 is 0. The Balaban J connectivity index is 2.21. The number of aryl methyl sites for hydroxylation is 1. The Labute approximate surface area is 117 Å². The predicted molar refractivity (Wildman–Crippen MR) is 79.8 cm³/mol. The van der Waals surface area contributed by atoms with Crippen LogP contribution in [0.1, 0.15) is 11.3 Å². The second-order valence-corrected chi connectivity index (χ2v) is 4.72. The summed E-state index contributed by atoms with van der Waals surface area (Å²) in [6, 6.07) is 12.0. The van der Waals surface area contributed by atoms with Crippen LogP contribution in [0.2, 0.25) is 0 Å². The zero-order valence-corrected chi connectivity index (χ0v) is 11.6. The third-order valence-electron chi connectivity index (χ3n) is 3.49. The molecule has 0 aliphatic carbocycles. The van der Waals surface area contributed by atoms with Crippen LogP contribution in [0, 0.1) is 6.92 Å². The molecule has 0 amide bonds. The molecule has 0 unspecified atom stereocenters. The van der Waals surface area contributed by atoms with E-state index in [0.29, 0.717) is 6.54 Å². The Morgan fingerprint density at radius 2 is 2.10 bits per heavy atom. The Kier molecular flexibility index (Phi) is 3.16. The lowest BCUT2D eigenvalue weighted by atomic mass is 10.1. The van der Waals surface area contributed by atoms with Crippen LogP contribution < -0.4 is 10.5 Å². The van der Waals surface area contributed by atoms with E-state index in [-0.39, 0.29) is 0 Å². The lowest BCUT2D eigenvalue weighted by molar-refractivity contribution is 0.412. The van der Waals surface area contributed by atoms with Crippen molar-refractivity contribution in [3.8, 4) is 17.0 Å². The molecule has 0 aliphatic heterocycles. The summed E-state index contributed by atoms with van der Waals surface area (Å²) in [5.41, 5.74) is 10.9. The molecular weight excluding hydrogens is 250 g/mol. The SMILES string of the molecule is COc1ccc(-c2nc3ccccn3c2CN)cc1C. The van der Waals surface area contributed by atoms with Gasteiger partial charge in [-0.2, -0.15) is 0 Å². The number of imidazole rings is 1. The highest BCUT2D eigenvalue weighted by Gasteiger charge is 2.13. The molecule has 1 aromatic carbocycles. The number of methoxy groups -OCH3 is 1. The van der Waals surface area contributed by atoms with Crippen molar-refractivity contribution in [2.45, 2.75) is 13.5 Å². The van der Waals surface area contributed by atoms with E-state index >= 15 is 0 Å². The van der Waals surface area contributed by atoms with E-state index in [1.165, 1.54) is 0 Å². The minimum atomic E-state index is 0.450. The third kappa shape index (κ3) is 1.94. The molecule has 0 bridgehead atoms. The second kappa shape index (κ2) is 4.98. The number of hydrogen-bond donors (Lipinski definition) is 1. The standard InChI is InChI=1S/C16H17N3O/c1-11-9-12(6-7-14(11)20-2)16-13(10-17)19-8-4-3-5-15(19)18-16/h3-9H,10,17H2,1-2H3. The average molecular weight is 267 g/mol. The van der Waals surface area contributed by atoms with Crippen molar-refractivity contribution >= 4 is 5.65 Å². The van der Waals surface area contributed by atoms with Crippen molar-refractivity contribution in [3.63, 3.8) is 0 Å². The van der Waals surface area contributed by atoms with Crippen molar-refractivity contribution in [1.29, 1.82) is 0 Å². The average Bonchev–Trinajstić information content (AvgIpc) is 2.85. The highest BCUT2D eigenvalue weighted by molar-refractivity contribution is 5.68. The van der Waals surface area contributed by atoms with Gasteiger partial charge >= 0.3 is 0 Å². The molecule has 3 aromatic rings. The van der Waals surface area contributed by atoms with Gasteiger partial charge < -0.3 is 14.9 Å². The van der Waals surface area contributed by atoms with E-state index in [0.717, 1.165) is 33.9 Å². The minimum Gasteiger partial charge on any atom is -0.496 e. The summed E-state index contributed by atoms with van der Waals surface area (Å²) in [4.78, 5) is 4.69. The molecule has 0 aliphatic rings. The molecule has 2 heterocycles. The van der Waals surface area contributed by atoms with Gasteiger partial charge in [0, 0.05) is 18.3 Å². The first-order valence-electron chi connectivity index (χ1n) is 6.55. The largest absolute Gasteiger partial charge is 0.496 e. The highest BCUT2D eigenvalue weighted by atomic mass is 16.5. The maximum atomic E-state index is 5.91. The van der Waals surface area contributed by atoms with Gasteiger partial charge in [-0.1, -0.05) is 6.07 Å². The van der Waals surface area contributed by atoms with Crippen LogP contribution in [-0.2, 0) is 6.54 Å². The van der Waals surface area contributed by atoms with Crippen LogP contribution >= 0.6 is 0 Å². The number of nitrogens with zero attached hydrogens (tertiary/aromatic N) is 2. The van der Waals surface area contributed by atoms with E-state index in [2.05, 4.69) is 6.07 Å². The zero-order chi connectivity index (χ0) is 14.1. The van der Waals surface area contributed by atoms with Crippen LogP contribution in [0.4, 0.5) is 0 Å². The number of hydrogen-bond acceptors (Lipinski definition) is 3. The fourth-order valence-electron chi connectivity index (χ4n) is 2.50. The Morgan fingerprint density at radius 3 is 2.80 bits per heavy atom. The number of benzene rings is 1. The summed E-state index contributed by atoms with van der Waals surface area (Å²) in [5, 5.41) is 0. The Bertz CT molecular complexity index is 762. The van der Waals surface area contributed by atoms with E-state index < -0.39 is 0 Å². The summed E-state index contributed by atoms with van der Waals surface area (Å²) in [7, 11) is 1.68. The van der Waals surface area contributed by atoms with Crippen molar-refractivity contribution in [2.75, 3.05) is 7.11 Å². The predicted octanol–water partition coefficient (Wildman–Crippen LogP) is 2.78. The lowest BCUT2D eigenvalue weighted by Gasteiger charge is -2.07. The van der Waals surface area contributed by atoms with Gasteiger partial charge in [-0.3, -0.25) is 0 Å². The Morgan fingerprint density at radius 1 is 1.25 bits per heavy atom. The van der Waals surface area contributed by atoms with Gasteiger partial charge in [0.05, 0.1) is 18.5 Å². The molecular formula is C16H17N3O. The first-order valence-corrected chi connectivity index (χ1v) is 6.55. The molecule has 4 heteroatoms. The van der Waals surface area contributed by atoms with Gasteiger partial charge in [0.1, 0.15) is 11.4 Å². The molecule has 0 atom stereocenters. The number of pyridine rings is 1. The molecule has 3 rings (SSSR count). The van der Waals surface area contributed by atoms with Gasteiger partial charge in [0.15, 0.2) is 0 Å². The van der Waals surface area contributed by atoms with Crippen LogP contribution in [0.3, 0.4) is 0 Å². The minimum absolute atomic E-state index is 0.450. The number of aromatic nitrogens is 2. The fraction of sp³-hybridized carbons (Fsp3) is 0.188. The van der Waals surface area contributed by atoms with Crippen molar-refractivity contribution in [3.05, 3.63) is 53.9 Å². The topological polar surface area (TPSA) is 52.5 Å². The van der Waals surface area contributed by atoms with Crippen LogP contribution in [-0.4, -0.2) is 16.5 Å². The molecule has 4 nitrogen and oxygen atoms in total. The van der Waals surface area contributed by atoms with E-state index in [1.807, 2.05) is 47.9 Å². The van der Waals surface area contributed by atoms with Crippen LogP contribution in [0.5, 0.6) is 5.75 Å². The second-order valence-electron chi connectivity index (χ2n) is 4.72. The van der Waals surface area contributed by atoms with Gasteiger partial charge in [-0.05, 0) is 42.8 Å². The van der Waals surface area contributed by atoms with Gasteiger partial charge in [0.25, 0.3) is 0 Å². The van der Waals surface area contributed by atoms with Crippen molar-refractivity contribution < 1.29 is 4.74 Å². The van der Waals surface area contributed by atoms with E-state index in [9.17, 15) is 0 Å². The summed E-state index contributed by atoms with van der Waals surface area (Å²) in [6.07, 6.45) is 1.99. The van der Waals surface area contributed by atoms with Gasteiger partial charge in [0.2, 0.25) is 0 Å². The molecule has 20 heavy (non-hydrogen) atoms. The van der Waals surface area contributed by atoms with Gasteiger partial charge in [-0.15, -0.1) is 0 Å². The quantitative estimate of drug-likeness (QED) is 0.794. The zero-order valence-electron chi connectivity index (χ0n) is 11.6. The first-order chi connectivity index (χ1) is 9.74. The third-order valence-corrected chi connectivity index (χ3v) is 3.49. The molecule has 0 spiro atoms. The maximum absolute atomic E-state index is 5.91. The van der Waals surface area contributed by atoms with Crippen LogP contribution in [0.25, 0.3) is 16.9 Å². The molecule has 0 saturated carbocycles. The smallest absolute Gasteiger partial charge is 0.137 e. The summed E-state index contributed by atoms with van der Waals surface area (Å²) < 4.78 is 7.34. The summed E-state index contributed by atoms with van der Waals surface area (Å²) in [5.74, 6) is 0.881. The van der Waals surface area contributed by atoms with E-state index in [4.69, 9.17) is 15.5 Å². The van der Waals surface area contributed by atoms with E-state index in [1.54, 1.807) is 7.11 Å². The van der Waals surface area contributed by atoms with Crippen molar-refractivity contribution in [1.82, 2.24) is 9.38 Å². The first kappa shape index (κ1) is 12.7. The van der Waals surface area contributed by atoms with Gasteiger partial charge in [-0.25, -0.2) is 4.98 Å². The fourth-order valence-corrected chi connectivity index (χ4v) is 2.50. The number of nitrogens with two attached hydrogens (primary N) is 1. The molecule has 0 radical (unpaired) electrons. The molecule has 2 N–H and O–H groups in total. The molecule has 2 aromatic heterocycles. The normalized spacial score (nSPS) is 10.9. The maximum Gasteiger partial charge on any atom is 0.137 e.